The zero-order chi connectivity index (χ0) is 19.6. The number of dihydropyridines is 1. The van der Waals surface area contributed by atoms with E-state index in [0.717, 1.165) is 22.1 Å². The van der Waals surface area contributed by atoms with Crippen molar-refractivity contribution in [3.05, 3.63) is 41.0 Å². The Bertz CT molecular complexity index is 890. The molecule has 1 N–H and O–H groups in total. The van der Waals surface area contributed by atoms with E-state index < -0.39 is 5.51 Å². The van der Waals surface area contributed by atoms with Crippen LogP contribution in [0, 0.1) is 0 Å². The first-order chi connectivity index (χ1) is 12.7. The summed E-state index contributed by atoms with van der Waals surface area (Å²) in [7, 11) is 0. The molecule has 5 nitrogen and oxygen atoms in total. The fourth-order valence-electron chi connectivity index (χ4n) is 2.57. The maximum Gasteiger partial charge on any atom is 0.447 e. The predicted molar refractivity (Wildman–Crippen MR) is 102 cm³/mol. The third-order valence-electron chi connectivity index (χ3n) is 3.46. The predicted octanol–water partition coefficient (Wildman–Crippen LogP) is 4.68. The summed E-state index contributed by atoms with van der Waals surface area (Å²) in [6, 6.07) is 1.33. The van der Waals surface area contributed by atoms with Gasteiger partial charge in [-0.1, -0.05) is 6.92 Å². The number of allylic oxidation sites excluding steroid dienone is 1. The summed E-state index contributed by atoms with van der Waals surface area (Å²) in [6.07, 6.45) is 5.18. The van der Waals surface area contributed by atoms with Crippen LogP contribution in [0.2, 0.25) is 0 Å². The normalized spacial score (nSPS) is 15.3. The molecule has 0 aliphatic carbocycles. The van der Waals surface area contributed by atoms with E-state index in [1.165, 1.54) is 12.4 Å². The number of nitrogens with one attached hydrogen (secondary N) is 1. The van der Waals surface area contributed by atoms with Crippen LogP contribution in [0.3, 0.4) is 0 Å². The molecule has 3 heterocycles. The van der Waals surface area contributed by atoms with Crippen molar-refractivity contribution in [2.75, 3.05) is 12.3 Å². The number of aromatic nitrogens is 3. The molecule has 0 atom stereocenters. The molecule has 1 aliphatic heterocycles. The van der Waals surface area contributed by atoms with Gasteiger partial charge in [-0.2, -0.15) is 13.2 Å². The van der Waals surface area contributed by atoms with Gasteiger partial charge in [-0.25, -0.2) is 9.97 Å². The lowest BCUT2D eigenvalue weighted by Gasteiger charge is -2.22. The van der Waals surface area contributed by atoms with Crippen LogP contribution in [0.15, 0.2) is 40.4 Å². The van der Waals surface area contributed by atoms with Crippen LogP contribution < -0.4 is 5.32 Å². The summed E-state index contributed by atoms with van der Waals surface area (Å²) in [6.45, 7) is 6.52. The molecule has 0 radical (unpaired) electrons. The number of imidazole rings is 1. The molecule has 27 heavy (non-hydrogen) atoms. The molecule has 10 heteroatoms. The minimum Gasteiger partial charge on any atom is -0.493 e. The molecule has 3 rings (SSSR count). The van der Waals surface area contributed by atoms with E-state index in [9.17, 15) is 13.2 Å². The van der Waals surface area contributed by atoms with Crippen LogP contribution in [-0.4, -0.2) is 38.3 Å². The molecule has 0 aromatic carbocycles. The van der Waals surface area contributed by atoms with Crippen LogP contribution in [-0.2, 0) is 4.74 Å². The first-order valence-corrected chi connectivity index (χ1v) is 10.1. The van der Waals surface area contributed by atoms with Gasteiger partial charge in [0.2, 0.25) is 0 Å². The minimum atomic E-state index is -4.38. The second-order valence-corrected chi connectivity index (χ2v) is 8.36. The van der Waals surface area contributed by atoms with Crippen molar-refractivity contribution < 1.29 is 17.9 Å². The standard InChI is InChI=1S/C17H19F3N4OS2/c1-4-26-13-5-11(25-10(2)3)7-21-16(13)12-8-24-9-22-15(6-14(24)23-12)27-17(18,19)20/h5-6,8-10,21H,4,7H2,1-3H3. The summed E-state index contributed by atoms with van der Waals surface area (Å²) in [5, 5.41) is 3.19. The summed E-state index contributed by atoms with van der Waals surface area (Å²) in [4.78, 5) is 9.31. The highest BCUT2D eigenvalue weighted by atomic mass is 32.2. The molecule has 0 unspecified atom stereocenters. The first kappa shape index (κ1) is 19.9. The van der Waals surface area contributed by atoms with E-state index in [2.05, 4.69) is 22.2 Å². The molecular weight excluding hydrogens is 397 g/mol. The van der Waals surface area contributed by atoms with Crippen molar-refractivity contribution in [2.45, 2.75) is 37.4 Å². The van der Waals surface area contributed by atoms with Crippen molar-refractivity contribution in [2.24, 2.45) is 0 Å². The highest BCUT2D eigenvalue weighted by Gasteiger charge is 2.30. The molecular formula is C17H19F3N4OS2. The molecule has 2 aromatic rings. The molecule has 2 aromatic heterocycles. The molecule has 0 bridgehead atoms. The highest BCUT2D eigenvalue weighted by molar-refractivity contribution is 8.03. The summed E-state index contributed by atoms with van der Waals surface area (Å²) in [5.41, 5.74) is -2.47. The Labute approximate surface area is 163 Å². The van der Waals surface area contributed by atoms with Gasteiger partial charge in [-0.3, -0.25) is 4.40 Å². The average Bonchev–Trinajstić information content (AvgIpc) is 2.96. The monoisotopic (exact) mass is 416 g/mol. The first-order valence-electron chi connectivity index (χ1n) is 8.34. The van der Waals surface area contributed by atoms with Gasteiger partial charge in [0.15, 0.2) is 0 Å². The molecule has 1 aliphatic rings. The number of fused-ring (bicyclic) bond motifs is 1. The Hall–Kier alpha value is -1.81. The fourth-order valence-corrected chi connectivity index (χ4v) is 3.91. The zero-order valence-corrected chi connectivity index (χ0v) is 16.6. The third-order valence-corrected chi connectivity index (χ3v) is 5.05. The van der Waals surface area contributed by atoms with E-state index in [0.29, 0.717) is 17.9 Å². The quantitative estimate of drug-likeness (QED) is 0.545. The van der Waals surface area contributed by atoms with Crippen molar-refractivity contribution in [1.29, 1.82) is 0 Å². The van der Waals surface area contributed by atoms with Crippen molar-refractivity contribution in [1.82, 2.24) is 19.7 Å². The van der Waals surface area contributed by atoms with Gasteiger partial charge in [-0.05, 0) is 25.7 Å². The smallest absolute Gasteiger partial charge is 0.447 e. The van der Waals surface area contributed by atoms with Gasteiger partial charge in [0.1, 0.15) is 28.5 Å². The molecule has 0 amide bonds. The number of nitrogens with zero attached hydrogens (tertiary/aromatic N) is 3. The molecule has 0 fully saturated rings. The molecule has 0 saturated heterocycles. The highest BCUT2D eigenvalue weighted by Crippen LogP contribution is 2.36. The number of alkyl halides is 3. The Morgan fingerprint density at radius 2 is 2.15 bits per heavy atom. The summed E-state index contributed by atoms with van der Waals surface area (Å²) < 4.78 is 45.1. The van der Waals surface area contributed by atoms with Gasteiger partial charge >= 0.3 is 5.51 Å². The maximum absolute atomic E-state index is 12.6. The SMILES string of the molecule is CCSC1=C(c2cn3cnc(SC(F)(F)F)cc3n2)NCC(OC(C)C)=C1. The largest absolute Gasteiger partial charge is 0.493 e. The second kappa shape index (κ2) is 8.05. The lowest BCUT2D eigenvalue weighted by molar-refractivity contribution is -0.0329. The Morgan fingerprint density at radius 1 is 1.37 bits per heavy atom. The topological polar surface area (TPSA) is 51.5 Å². The van der Waals surface area contributed by atoms with Crippen LogP contribution in [0.4, 0.5) is 13.2 Å². The van der Waals surface area contributed by atoms with E-state index in [-0.39, 0.29) is 22.9 Å². The molecule has 0 spiro atoms. The number of hydrogen-bond donors (Lipinski definition) is 1. The van der Waals surface area contributed by atoms with E-state index in [4.69, 9.17) is 4.74 Å². The maximum atomic E-state index is 12.6. The lowest BCUT2D eigenvalue weighted by atomic mass is 10.2. The fraction of sp³-hybridized carbons (Fsp3) is 0.412. The number of halogens is 3. The van der Waals surface area contributed by atoms with Crippen molar-refractivity contribution in [3.8, 4) is 0 Å². The lowest BCUT2D eigenvalue weighted by Crippen LogP contribution is -2.23. The van der Waals surface area contributed by atoms with Crippen LogP contribution in [0.25, 0.3) is 11.3 Å². The number of rotatable bonds is 6. The average molecular weight is 416 g/mol. The van der Waals surface area contributed by atoms with Crippen LogP contribution >= 0.6 is 23.5 Å². The van der Waals surface area contributed by atoms with Gasteiger partial charge < -0.3 is 10.1 Å². The van der Waals surface area contributed by atoms with Gasteiger partial charge in [0.05, 0.1) is 18.3 Å². The summed E-state index contributed by atoms with van der Waals surface area (Å²) >= 11 is 1.40. The van der Waals surface area contributed by atoms with Crippen molar-refractivity contribution >= 4 is 34.9 Å². The van der Waals surface area contributed by atoms with Crippen LogP contribution in [0.5, 0.6) is 0 Å². The minimum absolute atomic E-state index is 0.0818. The Kier molecular flexibility index (Phi) is 5.95. The second-order valence-electron chi connectivity index (χ2n) is 5.97. The van der Waals surface area contributed by atoms with E-state index in [1.54, 1.807) is 22.4 Å². The third kappa shape index (κ3) is 5.13. The van der Waals surface area contributed by atoms with Gasteiger partial charge in [-0.15, -0.1) is 11.8 Å². The molecule has 0 saturated carbocycles. The van der Waals surface area contributed by atoms with Gasteiger partial charge in [0, 0.05) is 28.9 Å². The number of thioether (sulfide) groups is 2. The Balaban J connectivity index is 1.95. The zero-order valence-electron chi connectivity index (χ0n) is 15.0. The van der Waals surface area contributed by atoms with E-state index >= 15 is 0 Å². The van der Waals surface area contributed by atoms with Crippen LogP contribution in [0.1, 0.15) is 26.5 Å². The number of ether oxygens (including phenoxy) is 1. The molecule has 146 valence electrons. The summed E-state index contributed by atoms with van der Waals surface area (Å²) in [5.74, 6) is 1.71. The van der Waals surface area contributed by atoms with Gasteiger partial charge in [0.25, 0.3) is 0 Å². The van der Waals surface area contributed by atoms with E-state index in [1.807, 2.05) is 19.9 Å². The van der Waals surface area contributed by atoms with Crippen molar-refractivity contribution in [3.63, 3.8) is 0 Å². The Morgan fingerprint density at radius 3 is 2.81 bits per heavy atom. The number of hydrogen-bond acceptors (Lipinski definition) is 6.